The van der Waals surface area contributed by atoms with Gasteiger partial charge in [0.05, 0.1) is 22.4 Å². The molecular formula is C15H14ClN3S. The number of hydrogen-bond donors (Lipinski definition) is 1. The summed E-state index contributed by atoms with van der Waals surface area (Å²) in [6, 6.07) is 14.0. The summed E-state index contributed by atoms with van der Waals surface area (Å²) >= 11 is 7.86. The van der Waals surface area contributed by atoms with Gasteiger partial charge in [0.25, 0.3) is 0 Å². The van der Waals surface area contributed by atoms with Crippen molar-refractivity contribution in [2.24, 2.45) is 0 Å². The molecule has 2 aromatic heterocycles. The second kappa shape index (κ2) is 5.79. The van der Waals surface area contributed by atoms with Crippen LogP contribution in [0.1, 0.15) is 16.6 Å². The van der Waals surface area contributed by atoms with Crippen LogP contribution in [0.2, 0.25) is 5.02 Å². The topological polar surface area (TPSA) is 29.9 Å². The maximum absolute atomic E-state index is 6.22. The van der Waals surface area contributed by atoms with E-state index >= 15 is 0 Å². The second-order valence-electron chi connectivity index (χ2n) is 4.38. The van der Waals surface area contributed by atoms with E-state index in [0.29, 0.717) is 0 Å². The first-order chi connectivity index (χ1) is 9.79. The molecule has 0 saturated heterocycles. The molecule has 0 aliphatic heterocycles. The molecule has 102 valence electrons. The van der Waals surface area contributed by atoms with Crippen molar-refractivity contribution in [3.8, 4) is 5.69 Å². The Bertz CT molecular complexity index is 690. The van der Waals surface area contributed by atoms with E-state index < -0.39 is 0 Å². The van der Waals surface area contributed by atoms with Gasteiger partial charge in [-0.2, -0.15) is 5.10 Å². The van der Waals surface area contributed by atoms with E-state index in [2.05, 4.69) is 10.4 Å². The minimum atomic E-state index is 0.0208. The fourth-order valence-corrected chi connectivity index (χ4v) is 3.43. The van der Waals surface area contributed by atoms with Gasteiger partial charge in [-0.1, -0.05) is 29.8 Å². The van der Waals surface area contributed by atoms with E-state index in [1.807, 2.05) is 65.8 Å². The van der Waals surface area contributed by atoms with Crippen LogP contribution >= 0.6 is 22.9 Å². The Morgan fingerprint density at radius 2 is 2.00 bits per heavy atom. The fourth-order valence-electron chi connectivity index (χ4n) is 2.14. The summed E-state index contributed by atoms with van der Waals surface area (Å²) in [5.41, 5.74) is 2.01. The van der Waals surface area contributed by atoms with Gasteiger partial charge in [-0.15, -0.1) is 11.3 Å². The van der Waals surface area contributed by atoms with Gasteiger partial charge in [-0.25, -0.2) is 4.68 Å². The summed E-state index contributed by atoms with van der Waals surface area (Å²) < 4.78 is 1.88. The van der Waals surface area contributed by atoms with Gasteiger partial charge in [0, 0.05) is 11.1 Å². The van der Waals surface area contributed by atoms with Crippen molar-refractivity contribution < 1.29 is 0 Å². The lowest BCUT2D eigenvalue weighted by atomic mass is 10.2. The molecule has 0 aliphatic carbocycles. The Kier molecular flexibility index (Phi) is 3.87. The van der Waals surface area contributed by atoms with E-state index in [1.165, 1.54) is 0 Å². The zero-order valence-electron chi connectivity index (χ0n) is 11.0. The van der Waals surface area contributed by atoms with E-state index in [4.69, 9.17) is 11.6 Å². The van der Waals surface area contributed by atoms with Crippen LogP contribution in [0.4, 0.5) is 0 Å². The van der Waals surface area contributed by atoms with E-state index in [9.17, 15) is 0 Å². The van der Waals surface area contributed by atoms with Gasteiger partial charge in [-0.3, -0.25) is 0 Å². The van der Waals surface area contributed by atoms with Crippen LogP contribution in [0.5, 0.6) is 0 Å². The van der Waals surface area contributed by atoms with Crippen molar-refractivity contribution in [2.75, 3.05) is 7.05 Å². The number of hydrogen-bond acceptors (Lipinski definition) is 3. The van der Waals surface area contributed by atoms with Crippen molar-refractivity contribution >= 4 is 22.9 Å². The molecule has 0 amide bonds. The van der Waals surface area contributed by atoms with E-state index in [-0.39, 0.29) is 6.04 Å². The van der Waals surface area contributed by atoms with Crippen LogP contribution in [-0.2, 0) is 0 Å². The lowest BCUT2D eigenvalue weighted by Crippen LogP contribution is -2.17. The predicted molar refractivity (Wildman–Crippen MR) is 83.8 cm³/mol. The van der Waals surface area contributed by atoms with Crippen LogP contribution in [0, 0.1) is 0 Å². The molecule has 0 aliphatic rings. The maximum Gasteiger partial charge on any atom is 0.0876 e. The van der Waals surface area contributed by atoms with Crippen LogP contribution in [-0.4, -0.2) is 16.8 Å². The van der Waals surface area contributed by atoms with Gasteiger partial charge in [-0.05, 0) is 36.7 Å². The molecule has 1 N–H and O–H groups in total. The zero-order valence-corrected chi connectivity index (χ0v) is 12.5. The predicted octanol–water partition coefficient (Wildman–Crippen LogP) is 3.90. The summed E-state index contributed by atoms with van der Waals surface area (Å²) in [4.78, 5) is 1.09. The number of para-hydroxylation sites is 1. The van der Waals surface area contributed by atoms with Crippen LogP contribution in [0.3, 0.4) is 0 Å². The number of rotatable bonds is 4. The molecule has 0 fully saturated rings. The van der Waals surface area contributed by atoms with Crippen molar-refractivity contribution in [1.29, 1.82) is 0 Å². The van der Waals surface area contributed by atoms with Gasteiger partial charge in [0.1, 0.15) is 0 Å². The number of benzene rings is 1. The van der Waals surface area contributed by atoms with Gasteiger partial charge in [0.2, 0.25) is 0 Å². The van der Waals surface area contributed by atoms with Crippen LogP contribution in [0.15, 0.2) is 54.0 Å². The van der Waals surface area contributed by atoms with E-state index in [1.54, 1.807) is 11.3 Å². The molecule has 3 rings (SSSR count). The molecule has 0 saturated carbocycles. The largest absolute Gasteiger partial charge is 0.307 e. The summed E-state index contributed by atoms with van der Waals surface area (Å²) in [5, 5.41) is 10.7. The summed E-state index contributed by atoms with van der Waals surface area (Å²) in [6.07, 6.45) is 1.97. The van der Waals surface area contributed by atoms with Crippen LogP contribution in [0.25, 0.3) is 5.69 Å². The third-order valence-electron chi connectivity index (χ3n) is 3.12. The third-order valence-corrected chi connectivity index (χ3v) is 4.55. The number of aromatic nitrogens is 2. The van der Waals surface area contributed by atoms with E-state index in [0.717, 1.165) is 21.3 Å². The highest BCUT2D eigenvalue weighted by Crippen LogP contribution is 2.32. The molecule has 1 aromatic carbocycles. The second-order valence-corrected chi connectivity index (χ2v) is 5.73. The van der Waals surface area contributed by atoms with Gasteiger partial charge < -0.3 is 5.32 Å². The Morgan fingerprint density at radius 1 is 1.20 bits per heavy atom. The minimum absolute atomic E-state index is 0.0208. The molecule has 3 nitrogen and oxygen atoms in total. The first-order valence-electron chi connectivity index (χ1n) is 6.30. The van der Waals surface area contributed by atoms with Crippen molar-refractivity contribution in [1.82, 2.24) is 15.1 Å². The van der Waals surface area contributed by atoms with Gasteiger partial charge in [0.15, 0.2) is 0 Å². The first-order valence-corrected chi connectivity index (χ1v) is 7.56. The monoisotopic (exact) mass is 303 g/mol. The summed E-state index contributed by atoms with van der Waals surface area (Å²) in [7, 11) is 1.92. The highest BCUT2D eigenvalue weighted by atomic mass is 35.5. The average molecular weight is 304 g/mol. The molecule has 5 heteroatoms. The minimum Gasteiger partial charge on any atom is -0.307 e. The molecule has 20 heavy (non-hydrogen) atoms. The molecule has 0 spiro atoms. The molecular weight excluding hydrogens is 290 g/mol. The number of halogens is 1. The smallest absolute Gasteiger partial charge is 0.0876 e. The molecule has 2 heterocycles. The SMILES string of the molecule is CNC(c1ccn(-c2ccccc2)n1)c1sccc1Cl. The first kappa shape index (κ1) is 13.4. The lowest BCUT2D eigenvalue weighted by molar-refractivity contribution is 0.667. The zero-order chi connectivity index (χ0) is 13.9. The standard InChI is InChI=1S/C15H14ClN3S/c1-17-14(15-12(16)8-10-20-15)13-7-9-19(18-13)11-5-3-2-4-6-11/h2-10,14,17H,1H3. The van der Waals surface area contributed by atoms with Crippen molar-refractivity contribution in [3.63, 3.8) is 0 Å². The van der Waals surface area contributed by atoms with Crippen LogP contribution < -0.4 is 5.32 Å². The Hall–Kier alpha value is -1.62. The average Bonchev–Trinajstić information content (AvgIpc) is 3.12. The Morgan fingerprint density at radius 3 is 2.65 bits per heavy atom. The Balaban J connectivity index is 1.95. The maximum atomic E-state index is 6.22. The highest BCUT2D eigenvalue weighted by molar-refractivity contribution is 7.10. The molecule has 1 unspecified atom stereocenters. The number of thiophene rings is 1. The third kappa shape index (κ3) is 2.50. The normalized spacial score (nSPS) is 12.5. The van der Waals surface area contributed by atoms with Crippen molar-refractivity contribution in [3.05, 3.63) is 69.6 Å². The lowest BCUT2D eigenvalue weighted by Gasteiger charge is -2.12. The summed E-state index contributed by atoms with van der Waals surface area (Å²) in [6.45, 7) is 0. The number of nitrogens with zero attached hydrogens (tertiary/aromatic N) is 2. The quantitative estimate of drug-likeness (QED) is 0.792. The molecule has 0 radical (unpaired) electrons. The Labute approximate surface area is 126 Å². The summed E-state index contributed by atoms with van der Waals surface area (Å²) in [5.74, 6) is 0. The van der Waals surface area contributed by atoms with Crippen molar-refractivity contribution in [2.45, 2.75) is 6.04 Å². The highest BCUT2D eigenvalue weighted by Gasteiger charge is 2.19. The fraction of sp³-hybridized carbons (Fsp3) is 0.133. The molecule has 1 atom stereocenters. The molecule has 0 bridgehead atoms. The molecule has 3 aromatic rings. The number of nitrogens with one attached hydrogen (secondary N) is 1. The van der Waals surface area contributed by atoms with Gasteiger partial charge >= 0.3 is 0 Å².